The van der Waals surface area contributed by atoms with Crippen molar-refractivity contribution in [3.8, 4) is 0 Å². The number of aliphatic hydroxyl groups is 1. The minimum absolute atomic E-state index is 0.0902. The normalized spacial score (nSPS) is 27.4. The molecule has 2 unspecified atom stereocenters. The Bertz CT molecular complexity index is 861. The summed E-state index contributed by atoms with van der Waals surface area (Å²) in [5.74, 6) is -0.786. The second-order valence-electron chi connectivity index (χ2n) is 9.00. The number of alkyl halides is 7. The second kappa shape index (κ2) is 7.08. The van der Waals surface area contributed by atoms with E-state index in [0.717, 1.165) is 6.07 Å². The summed E-state index contributed by atoms with van der Waals surface area (Å²) in [4.78, 5) is 12.6. The van der Waals surface area contributed by atoms with Gasteiger partial charge in [0.1, 0.15) is 0 Å². The van der Waals surface area contributed by atoms with Gasteiger partial charge in [-0.05, 0) is 61.5 Å². The molecular weight excluding hydrogens is 431 g/mol. The summed E-state index contributed by atoms with van der Waals surface area (Å²) in [5.41, 5.74) is -6.88. The topological polar surface area (TPSA) is 49.3 Å². The van der Waals surface area contributed by atoms with E-state index in [4.69, 9.17) is 0 Å². The van der Waals surface area contributed by atoms with Gasteiger partial charge in [-0.3, -0.25) is 4.79 Å². The molecule has 0 heterocycles. The fourth-order valence-corrected chi connectivity index (χ4v) is 5.09. The smallest absolute Gasteiger partial charge is 0.388 e. The number of aryl methyl sites for hydroxylation is 1. The van der Waals surface area contributed by atoms with Crippen LogP contribution in [-0.4, -0.2) is 35.5 Å². The summed E-state index contributed by atoms with van der Waals surface area (Å²) >= 11 is 0. The molecule has 3 nitrogen and oxygen atoms in total. The Labute approximate surface area is 174 Å². The number of fused-ring (bicyclic) bond motifs is 3. The third-order valence-corrected chi connectivity index (χ3v) is 7.05. The van der Waals surface area contributed by atoms with E-state index in [-0.39, 0.29) is 42.2 Å². The molecule has 2 fully saturated rings. The summed E-state index contributed by atoms with van der Waals surface area (Å²) in [6.07, 6.45) is -9.32. The van der Waals surface area contributed by atoms with Crippen LogP contribution in [0, 0.1) is 11.8 Å². The minimum Gasteiger partial charge on any atom is -0.388 e. The van der Waals surface area contributed by atoms with Crippen LogP contribution in [-0.2, 0) is 16.9 Å². The van der Waals surface area contributed by atoms with E-state index in [0.29, 0.717) is 49.8 Å². The predicted octanol–water partition coefficient (Wildman–Crippen LogP) is 4.67. The lowest BCUT2D eigenvalue weighted by Crippen LogP contribution is -2.50. The molecule has 0 spiro atoms. The molecule has 0 saturated heterocycles. The van der Waals surface area contributed by atoms with Gasteiger partial charge in [-0.15, -0.1) is 0 Å². The number of carbonyl (C=O) groups excluding carboxylic acids is 1. The van der Waals surface area contributed by atoms with Crippen molar-refractivity contribution in [2.45, 2.75) is 68.1 Å². The van der Waals surface area contributed by atoms with Gasteiger partial charge in [0, 0.05) is 18.0 Å². The molecular formula is C21H22F7NO2. The van der Waals surface area contributed by atoms with Gasteiger partial charge < -0.3 is 10.4 Å². The van der Waals surface area contributed by atoms with Gasteiger partial charge in [-0.25, -0.2) is 4.39 Å². The maximum atomic E-state index is 14.4. The van der Waals surface area contributed by atoms with Gasteiger partial charge in [0.2, 0.25) is 5.91 Å². The summed E-state index contributed by atoms with van der Waals surface area (Å²) in [7, 11) is 0. The Morgan fingerprint density at radius 1 is 1.03 bits per heavy atom. The van der Waals surface area contributed by atoms with Crippen molar-refractivity contribution in [2.24, 2.45) is 11.8 Å². The molecule has 172 valence electrons. The molecule has 0 bridgehead atoms. The molecule has 4 rings (SSSR count). The maximum Gasteiger partial charge on any atom is 0.435 e. The Hall–Kier alpha value is -1.84. The molecule has 31 heavy (non-hydrogen) atoms. The van der Waals surface area contributed by atoms with Crippen LogP contribution < -0.4 is 5.32 Å². The second-order valence-corrected chi connectivity index (χ2v) is 9.00. The molecule has 2 N–H and O–H groups in total. The third kappa shape index (κ3) is 3.70. The summed E-state index contributed by atoms with van der Waals surface area (Å²) in [6, 6.07) is 2.40. The molecule has 3 aliphatic carbocycles. The molecule has 3 aliphatic rings. The van der Waals surface area contributed by atoms with E-state index in [1.165, 1.54) is 0 Å². The number of benzene rings is 1. The lowest BCUT2D eigenvalue weighted by atomic mass is 9.73. The van der Waals surface area contributed by atoms with E-state index in [9.17, 15) is 40.6 Å². The fourth-order valence-electron chi connectivity index (χ4n) is 5.09. The quantitative estimate of drug-likeness (QED) is 0.651. The number of rotatable bonds is 4. The molecule has 10 heteroatoms. The summed E-state index contributed by atoms with van der Waals surface area (Å²) in [5, 5.41) is 12.6. The Morgan fingerprint density at radius 3 is 2.26 bits per heavy atom. The van der Waals surface area contributed by atoms with E-state index in [1.807, 2.05) is 0 Å². The molecule has 0 radical (unpaired) electrons. The van der Waals surface area contributed by atoms with Crippen molar-refractivity contribution in [1.29, 1.82) is 0 Å². The fraction of sp³-hybridized carbons (Fsp3) is 0.667. The van der Waals surface area contributed by atoms with Crippen LogP contribution >= 0.6 is 0 Å². The number of nitrogens with one attached hydrogen (secondary N) is 1. The average molecular weight is 453 g/mol. The minimum atomic E-state index is -6.14. The van der Waals surface area contributed by atoms with Crippen molar-refractivity contribution < 1.29 is 40.6 Å². The number of amides is 1. The molecule has 2 saturated carbocycles. The highest BCUT2D eigenvalue weighted by Crippen LogP contribution is 2.55. The highest BCUT2D eigenvalue weighted by Gasteiger charge is 2.73. The van der Waals surface area contributed by atoms with Crippen molar-refractivity contribution in [3.63, 3.8) is 0 Å². The largest absolute Gasteiger partial charge is 0.435 e. The monoisotopic (exact) mass is 453 g/mol. The SMILES string of the molecule is O=C(NCC1(O)CC1)[C@@H]1CCC2c3ccc(C(F)(C(F)(F)F)C(F)(F)F)cc3CCC21. The van der Waals surface area contributed by atoms with Crippen LogP contribution in [0.2, 0.25) is 0 Å². The Kier molecular flexibility index (Phi) is 5.11. The van der Waals surface area contributed by atoms with Gasteiger partial charge in [0.15, 0.2) is 0 Å². The first-order chi connectivity index (χ1) is 14.3. The number of hydrogen-bond donors (Lipinski definition) is 2. The van der Waals surface area contributed by atoms with Crippen LogP contribution in [0.3, 0.4) is 0 Å². The molecule has 1 amide bonds. The number of hydrogen-bond acceptors (Lipinski definition) is 2. The van der Waals surface area contributed by atoms with Crippen LogP contribution in [0.25, 0.3) is 0 Å². The van der Waals surface area contributed by atoms with Crippen molar-refractivity contribution in [2.75, 3.05) is 6.54 Å². The van der Waals surface area contributed by atoms with Crippen molar-refractivity contribution >= 4 is 5.91 Å². The molecule has 1 aromatic carbocycles. The zero-order valence-electron chi connectivity index (χ0n) is 16.4. The molecule has 0 aromatic heterocycles. The van der Waals surface area contributed by atoms with Crippen molar-refractivity contribution in [3.05, 3.63) is 34.9 Å². The van der Waals surface area contributed by atoms with E-state index in [1.54, 1.807) is 0 Å². The van der Waals surface area contributed by atoms with Gasteiger partial charge in [-0.1, -0.05) is 18.2 Å². The number of halogens is 7. The summed E-state index contributed by atoms with van der Waals surface area (Å²) in [6.45, 7) is 0.174. The lowest BCUT2D eigenvalue weighted by Gasteiger charge is -2.34. The van der Waals surface area contributed by atoms with Crippen LogP contribution in [0.1, 0.15) is 54.7 Å². The van der Waals surface area contributed by atoms with Gasteiger partial charge in [0.25, 0.3) is 0 Å². The Morgan fingerprint density at radius 2 is 1.68 bits per heavy atom. The van der Waals surface area contributed by atoms with Gasteiger partial charge in [0.05, 0.1) is 5.60 Å². The van der Waals surface area contributed by atoms with E-state index < -0.39 is 29.2 Å². The first-order valence-electron chi connectivity index (χ1n) is 10.2. The first-order valence-corrected chi connectivity index (χ1v) is 10.2. The third-order valence-electron chi connectivity index (χ3n) is 7.05. The van der Waals surface area contributed by atoms with Crippen LogP contribution in [0.4, 0.5) is 30.7 Å². The highest BCUT2D eigenvalue weighted by atomic mass is 19.4. The summed E-state index contributed by atoms with van der Waals surface area (Å²) < 4.78 is 92.9. The highest BCUT2D eigenvalue weighted by molar-refractivity contribution is 5.79. The van der Waals surface area contributed by atoms with Gasteiger partial charge in [-0.2, -0.15) is 26.3 Å². The van der Waals surface area contributed by atoms with E-state index >= 15 is 0 Å². The van der Waals surface area contributed by atoms with Gasteiger partial charge >= 0.3 is 18.0 Å². The number of carbonyl (C=O) groups is 1. The zero-order valence-corrected chi connectivity index (χ0v) is 16.4. The predicted molar refractivity (Wildman–Crippen MR) is 95.8 cm³/mol. The average Bonchev–Trinajstić information content (AvgIpc) is 3.25. The lowest BCUT2D eigenvalue weighted by molar-refractivity contribution is -0.348. The molecule has 3 atom stereocenters. The van der Waals surface area contributed by atoms with Crippen molar-refractivity contribution in [1.82, 2.24) is 5.32 Å². The standard InChI is InChI=1S/C21H22F7NO2/c22-19(20(23,24)25,21(26,27)28)12-2-4-13-11(9-12)1-3-15-14(13)5-6-16(15)17(30)29-10-18(31)7-8-18/h2,4,9,14-16,31H,1,3,5-8,10H2,(H,29,30)/t14?,15?,16-/m1/s1. The van der Waals surface area contributed by atoms with Crippen LogP contribution in [0.5, 0.6) is 0 Å². The zero-order chi connectivity index (χ0) is 22.8. The molecule has 0 aliphatic heterocycles. The van der Waals surface area contributed by atoms with Crippen LogP contribution in [0.15, 0.2) is 18.2 Å². The van der Waals surface area contributed by atoms with E-state index in [2.05, 4.69) is 5.32 Å². The molecule has 1 aromatic rings. The maximum absolute atomic E-state index is 14.4. The first kappa shape index (κ1) is 22.4. The Balaban J connectivity index is 1.56.